The van der Waals surface area contributed by atoms with E-state index in [-0.39, 0.29) is 5.28 Å². The van der Waals surface area contributed by atoms with Gasteiger partial charge in [0.05, 0.1) is 11.7 Å². The van der Waals surface area contributed by atoms with Crippen LogP contribution in [-0.4, -0.2) is 24.7 Å². The van der Waals surface area contributed by atoms with Crippen molar-refractivity contribution in [3.8, 4) is 11.9 Å². The van der Waals surface area contributed by atoms with Gasteiger partial charge >= 0.3 is 0 Å². The number of halogens is 1. The zero-order valence-corrected chi connectivity index (χ0v) is 14.4. The number of pyridine rings is 1. The number of nitrogens with one attached hydrogen (secondary N) is 1. The van der Waals surface area contributed by atoms with Gasteiger partial charge in [-0.25, -0.2) is 15.0 Å². The lowest BCUT2D eigenvalue weighted by Gasteiger charge is -2.10. The summed E-state index contributed by atoms with van der Waals surface area (Å²) in [6.45, 7) is 1.81. The lowest BCUT2D eigenvalue weighted by molar-refractivity contribution is 0.859. The van der Waals surface area contributed by atoms with E-state index < -0.39 is 0 Å². The van der Waals surface area contributed by atoms with Gasteiger partial charge in [0.15, 0.2) is 11.6 Å². The first-order valence-corrected chi connectivity index (χ1v) is 8.14. The minimum atomic E-state index is 0.126. The molecule has 0 aliphatic carbocycles. The first-order valence-electron chi connectivity index (χ1n) is 7.76. The Bertz CT molecular complexity index is 1140. The Kier molecular flexibility index (Phi) is 3.95. The van der Waals surface area contributed by atoms with Crippen molar-refractivity contribution < 1.29 is 0 Å². The van der Waals surface area contributed by atoms with Crippen LogP contribution in [0, 0.1) is 18.3 Å². The predicted octanol–water partition coefficient (Wildman–Crippen LogP) is 3.79. The maximum absolute atomic E-state index is 9.42. The molecule has 0 bridgehead atoms. The second-order valence-electron chi connectivity index (χ2n) is 5.58. The van der Waals surface area contributed by atoms with E-state index in [0.29, 0.717) is 28.7 Å². The molecule has 0 atom stereocenters. The molecular weight excluding hydrogens is 350 g/mol. The SMILES string of the molecule is Cc1cc(Nc2c(C#N)cnn2-c2ccc3ccccc3n2)nc(Cl)n1. The average molecular weight is 362 g/mol. The highest BCUT2D eigenvalue weighted by atomic mass is 35.5. The molecule has 3 heterocycles. The zero-order chi connectivity index (χ0) is 18.1. The summed E-state index contributed by atoms with van der Waals surface area (Å²) >= 11 is 5.92. The van der Waals surface area contributed by atoms with Gasteiger partial charge in [0.25, 0.3) is 0 Å². The van der Waals surface area contributed by atoms with Crippen LogP contribution in [0.3, 0.4) is 0 Å². The van der Waals surface area contributed by atoms with Crippen molar-refractivity contribution in [1.29, 1.82) is 5.26 Å². The minimum Gasteiger partial charge on any atom is -0.324 e. The lowest BCUT2D eigenvalue weighted by atomic mass is 10.2. The Morgan fingerprint density at radius 3 is 2.77 bits per heavy atom. The number of aryl methyl sites for hydroxylation is 1. The smallest absolute Gasteiger partial charge is 0.224 e. The molecule has 0 radical (unpaired) electrons. The van der Waals surface area contributed by atoms with Crippen molar-refractivity contribution in [3.05, 3.63) is 65.2 Å². The van der Waals surface area contributed by atoms with E-state index in [9.17, 15) is 5.26 Å². The number of benzene rings is 1. The minimum absolute atomic E-state index is 0.126. The van der Waals surface area contributed by atoms with Gasteiger partial charge in [0.1, 0.15) is 17.5 Å². The highest BCUT2D eigenvalue weighted by Gasteiger charge is 2.15. The van der Waals surface area contributed by atoms with Gasteiger partial charge in [-0.1, -0.05) is 18.2 Å². The monoisotopic (exact) mass is 361 g/mol. The molecule has 126 valence electrons. The van der Waals surface area contributed by atoms with Crippen LogP contribution in [0.15, 0.2) is 48.7 Å². The van der Waals surface area contributed by atoms with Gasteiger partial charge in [-0.05, 0) is 36.7 Å². The fourth-order valence-electron chi connectivity index (χ4n) is 2.62. The summed E-state index contributed by atoms with van der Waals surface area (Å²) in [6.07, 6.45) is 1.48. The second-order valence-corrected chi connectivity index (χ2v) is 5.92. The van der Waals surface area contributed by atoms with Crippen LogP contribution in [0.2, 0.25) is 5.28 Å². The van der Waals surface area contributed by atoms with Crippen molar-refractivity contribution in [3.63, 3.8) is 0 Å². The molecule has 8 heteroatoms. The number of aromatic nitrogens is 5. The molecule has 1 aromatic carbocycles. The third-order valence-corrected chi connectivity index (χ3v) is 3.93. The molecule has 0 saturated heterocycles. The number of rotatable bonds is 3. The predicted molar refractivity (Wildman–Crippen MR) is 98.6 cm³/mol. The Morgan fingerprint density at radius 2 is 1.96 bits per heavy atom. The van der Waals surface area contributed by atoms with E-state index >= 15 is 0 Å². The Labute approximate surface area is 153 Å². The molecule has 0 aliphatic heterocycles. The summed E-state index contributed by atoms with van der Waals surface area (Å²) in [5, 5.41) is 18.0. The number of nitriles is 1. The van der Waals surface area contributed by atoms with Gasteiger partial charge in [-0.2, -0.15) is 15.0 Å². The van der Waals surface area contributed by atoms with Crippen molar-refractivity contribution in [2.45, 2.75) is 6.92 Å². The molecule has 0 aliphatic rings. The topological polar surface area (TPSA) is 92.3 Å². The summed E-state index contributed by atoms with van der Waals surface area (Å²) in [7, 11) is 0. The van der Waals surface area contributed by atoms with Gasteiger partial charge < -0.3 is 5.32 Å². The quantitative estimate of drug-likeness (QED) is 0.558. The molecule has 7 nitrogen and oxygen atoms in total. The van der Waals surface area contributed by atoms with E-state index in [1.807, 2.05) is 43.3 Å². The molecule has 1 N–H and O–H groups in total. The molecule has 0 amide bonds. The molecule has 0 spiro atoms. The third kappa shape index (κ3) is 2.94. The number of anilines is 2. The largest absolute Gasteiger partial charge is 0.324 e. The van der Waals surface area contributed by atoms with Crippen LogP contribution in [0.5, 0.6) is 0 Å². The number of hydrogen-bond donors (Lipinski definition) is 1. The highest BCUT2D eigenvalue weighted by molar-refractivity contribution is 6.28. The van der Waals surface area contributed by atoms with E-state index in [2.05, 4.69) is 31.4 Å². The summed E-state index contributed by atoms with van der Waals surface area (Å²) in [5.74, 6) is 1.52. The summed E-state index contributed by atoms with van der Waals surface area (Å²) in [5.41, 5.74) is 1.92. The van der Waals surface area contributed by atoms with Gasteiger partial charge in [-0.3, -0.25) is 0 Å². The van der Waals surface area contributed by atoms with Crippen LogP contribution in [0.1, 0.15) is 11.3 Å². The van der Waals surface area contributed by atoms with E-state index in [1.165, 1.54) is 6.20 Å². The van der Waals surface area contributed by atoms with Crippen molar-refractivity contribution in [1.82, 2.24) is 24.7 Å². The second kappa shape index (κ2) is 6.43. The third-order valence-electron chi connectivity index (χ3n) is 3.76. The molecule has 26 heavy (non-hydrogen) atoms. The van der Waals surface area contributed by atoms with Gasteiger partial charge in [0, 0.05) is 17.1 Å². The van der Waals surface area contributed by atoms with Crippen LogP contribution < -0.4 is 5.32 Å². The Balaban J connectivity index is 1.82. The van der Waals surface area contributed by atoms with Crippen molar-refractivity contribution in [2.24, 2.45) is 0 Å². The zero-order valence-electron chi connectivity index (χ0n) is 13.7. The molecule has 0 unspecified atom stereocenters. The van der Waals surface area contributed by atoms with Crippen LogP contribution in [-0.2, 0) is 0 Å². The Hall–Kier alpha value is -3.50. The van der Waals surface area contributed by atoms with Gasteiger partial charge in [0.2, 0.25) is 5.28 Å². The fraction of sp³-hybridized carbons (Fsp3) is 0.0556. The molecule has 0 fully saturated rings. The molecule has 4 rings (SSSR count). The summed E-state index contributed by atoms with van der Waals surface area (Å²) < 4.78 is 1.57. The van der Waals surface area contributed by atoms with E-state index in [0.717, 1.165) is 10.9 Å². The van der Waals surface area contributed by atoms with Gasteiger partial charge in [-0.15, -0.1) is 0 Å². The lowest BCUT2D eigenvalue weighted by Crippen LogP contribution is -2.06. The fourth-order valence-corrected chi connectivity index (χ4v) is 2.84. The average Bonchev–Trinajstić information content (AvgIpc) is 3.03. The molecular formula is C18H12ClN7. The first kappa shape index (κ1) is 16.0. The van der Waals surface area contributed by atoms with E-state index in [4.69, 9.17) is 11.6 Å². The molecule has 3 aromatic heterocycles. The molecule has 0 saturated carbocycles. The normalized spacial score (nSPS) is 10.7. The number of hydrogen-bond acceptors (Lipinski definition) is 6. The summed E-state index contributed by atoms with van der Waals surface area (Å²) in [4.78, 5) is 12.8. The van der Waals surface area contributed by atoms with Crippen molar-refractivity contribution in [2.75, 3.05) is 5.32 Å². The molecule has 4 aromatic rings. The maximum atomic E-state index is 9.42. The van der Waals surface area contributed by atoms with Crippen LogP contribution in [0.4, 0.5) is 11.6 Å². The number of nitrogens with zero attached hydrogens (tertiary/aromatic N) is 6. The van der Waals surface area contributed by atoms with Crippen LogP contribution in [0.25, 0.3) is 16.7 Å². The van der Waals surface area contributed by atoms with E-state index in [1.54, 1.807) is 10.7 Å². The highest BCUT2D eigenvalue weighted by Crippen LogP contribution is 2.24. The first-order chi connectivity index (χ1) is 12.6. The maximum Gasteiger partial charge on any atom is 0.224 e. The summed E-state index contributed by atoms with van der Waals surface area (Å²) in [6, 6.07) is 15.5. The number of para-hydroxylation sites is 1. The van der Waals surface area contributed by atoms with Crippen molar-refractivity contribution >= 4 is 34.1 Å². The Morgan fingerprint density at radius 1 is 1.12 bits per heavy atom. The number of fused-ring (bicyclic) bond motifs is 1. The van der Waals surface area contributed by atoms with Crippen LogP contribution >= 0.6 is 11.6 Å². The standard InChI is InChI=1S/C18H12ClN7/c1-11-8-15(25-18(19)22-11)24-17-13(9-20)10-21-26(17)16-7-6-12-4-2-3-5-14(12)23-16/h2-8,10H,1H3,(H,22,24,25).